The van der Waals surface area contributed by atoms with Gasteiger partial charge in [-0.15, -0.1) is 0 Å². The number of sulfonamides is 1. The maximum Gasteiger partial charge on any atom is 0.244 e. The van der Waals surface area contributed by atoms with Crippen molar-refractivity contribution in [1.82, 2.24) is 9.29 Å². The van der Waals surface area contributed by atoms with Crippen LogP contribution in [0.4, 0.5) is 0 Å². The zero-order valence-electron chi connectivity index (χ0n) is 10.1. The van der Waals surface area contributed by atoms with Crippen molar-refractivity contribution >= 4 is 26.0 Å². The molecule has 0 bridgehead atoms. The van der Waals surface area contributed by atoms with Crippen LogP contribution in [0.15, 0.2) is 27.8 Å². The zero-order valence-corrected chi connectivity index (χ0v) is 12.5. The minimum Gasteiger partial charge on any atom is -0.328 e. The van der Waals surface area contributed by atoms with E-state index in [0.29, 0.717) is 17.6 Å². The van der Waals surface area contributed by atoms with Gasteiger partial charge in [0.15, 0.2) is 0 Å². The van der Waals surface area contributed by atoms with Crippen LogP contribution >= 0.6 is 15.9 Å². The van der Waals surface area contributed by atoms with E-state index < -0.39 is 10.0 Å². The summed E-state index contributed by atoms with van der Waals surface area (Å²) in [5.41, 5.74) is 5.82. The minimum atomic E-state index is -3.44. The fraction of sp³-hybridized carbons (Fsp3) is 0.545. The molecule has 100 valence electrons. The number of hydrogen-bond acceptors (Lipinski definition) is 4. The monoisotopic (exact) mass is 333 g/mol. The van der Waals surface area contributed by atoms with Crippen LogP contribution in [0.25, 0.3) is 0 Å². The number of rotatable bonds is 3. The van der Waals surface area contributed by atoms with Gasteiger partial charge in [0.1, 0.15) is 4.90 Å². The van der Waals surface area contributed by atoms with Gasteiger partial charge in [-0.3, -0.25) is 4.98 Å². The van der Waals surface area contributed by atoms with Gasteiger partial charge in [-0.25, -0.2) is 8.42 Å². The van der Waals surface area contributed by atoms with Gasteiger partial charge in [-0.05, 0) is 41.3 Å². The Morgan fingerprint density at radius 1 is 1.56 bits per heavy atom. The summed E-state index contributed by atoms with van der Waals surface area (Å²) in [4.78, 5) is 4.12. The van der Waals surface area contributed by atoms with Crippen molar-refractivity contribution in [2.75, 3.05) is 13.1 Å². The average molecular weight is 334 g/mol. The molecule has 2 heterocycles. The maximum absolute atomic E-state index is 12.4. The molecule has 0 spiro atoms. The summed E-state index contributed by atoms with van der Waals surface area (Å²) in [6.07, 6.45) is 3.76. The first-order valence-corrected chi connectivity index (χ1v) is 8.01. The largest absolute Gasteiger partial charge is 0.328 e. The molecule has 18 heavy (non-hydrogen) atoms. The average Bonchev–Trinajstić information content (AvgIpc) is 2.79. The molecule has 1 aliphatic heterocycles. The molecular weight excluding hydrogens is 318 g/mol. The van der Waals surface area contributed by atoms with Gasteiger partial charge in [0.2, 0.25) is 10.0 Å². The third kappa shape index (κ3) is 2.74. The normalized spacial score (nSPS) is 23.2. The highest BCUT2D eigenvalue weighted by molar-refractivity contribution is 9.10. The lowest BCUT2D eigenvalue weighted by Gasteiger charge is -2.18. The quantitative estimate of drug-likeness (QED) is 0.901. The Hall–Kier alpha value is -0.500. The summed E-state index contributed by atoms with van der Waals surface area (Å²) < 4.78 is 26.9. The molecule has 0 aromatic carbocycles. The van der Waals surface area contributed by atoms with Crippen molar-refractivity contribution in [3.05, 3.63) is 22.9 Å². The van der Waals surface area contributed by atoms with Crippen LogP contribution in [0, 0.1) is 5.92 Å². The number of nitrogens with zero attached hydrogens (tertiary/aromatic N) is 2. The van der Waals surface area contributed by atoms with E-state index in [-0.39, 0.29) is 16.9 Å². The van der Waals surface area contributed by atoms with E-state index in [9.17, 15) is 8.42 Å². The van der Waals surface area contributed by atoms with E-state index in [1.54, 1.807) is 12.3 Å². The van der Waals surface area contributed by atoms with Gasteiger partial charge in [0, 0.05) is 36.0 Å². The SMILES string of the molecule is CC(N)C1CCN(S(=O)(=O)c2cncc(Br)c2)C1. The predicted octanol–water partition coefficient (Wildman–Crippen LogP) is 1.20. The highest BCUT2D eigenvalue weighted by atomic mass is 79.9. The second-order valence-electron chi connectivity index (χ2n) is 4.61. The summed E-state index contributed by atoms with van der Waals surface area (Å²) in [7, 11) is -3.44. The third-order valence-electron chi connectivity index (χ3n) is 3.25. The van der Waals surface area contributed by atoms with Crippen LogP contribution in [-0.4, -0.2) is 36.8 Å². The molecule has 5 nitrogen and oxygen atoms in total. The molecule has 1 aromatic rings. The second kappa shape index (κ2) is 5.24. The lowest BCUT2D eigenvalue weighted by atomic mass is 10.0. The summed E-state index contributed by atoms with van der Waals surface area (Å²) >= 11 is 3.23. The Bertz CT molecular complexity index is 533. The first kappa shape index (κ1) is 13.9. The molecule has 0 saturated carbocycles. The van der Waals surface area contributed by atoms with Crippen molar-refractivity contribution in [3.8, 4) is 0 Å². The van der Waals surface area contributed by atoms with Crippen molar-refractivity contribution in [3.63, 3.8) is 0 Å². The van der Waals surface area contributed by atoms with E-state index in [1.807, 2.05) is 6.92 Å². The van der Waals surface area contributed by atoms with Gasteiger partial charge in [0.25, 0.3) is 0 Å². The number of halogens is 1. The van der Waals surface area contributed by atoms with Crippen LogP contribution < -0.4 is 5.73 Å². The second-order valence-corrected chi connectivity index (χ2v) is 7.46. The Morgan fingerprint density at radius 2 is 2.28 bits per heavy atom. The van der Waals surface area contributed by atoms with E-state index in [4.69, 9.17) is 5.73 Å². The molecule has 1 saturated heterocycles. The van der Waals surface area contributed by atoms with Crippen LogP contribution in [0.2, 0.25) is 0 Å². The fourth-order valence-electron chi connectivity index (χ4n) is 2.08. The Balaban J connectivity index is 2.23. The topological polar surface area (TPSA) is 76.3 Å². The van der Waals surface area contributed by atoms with Gasteiger partial charge < -0.3 is 5.73 Å². The molecule has 2 rings (SSSR count). The van der Waals surface area contributed by atoms with Crippen molar-refractivity contribution < 1.29 is 8.42 Å². The van der Waals surface area contributed by atoms with Crippen LogP contribution in [-0.2, 0) is 10.0 Å². The van der Waals surface area contributed by atoms with Crippen LogP contribution in [0.5, 0.6) is 0 Å². The van der Waals surface area contributed by atoms with Gasteiger partial charge >= 0.3 is 0 Å². The highest BCUT2D eigenvalue weighted by Gasteiger charge is 2.34. The van der Waals surface area contributed by atoms with Crippen LogP contribution in [0.1, 0.15) is 13.3 Å². The van der Waals surface area contributed by atoms with Crippen molar-refractivity contribution in [1.29, 1.82) is 0 Å². The molecule has 1 aromatic heterocycles. The number of nitrogens with two attached hydrogens (primary N) is 1. The number of aromatic nitrogens is 1. The predicted molar refractivity (Wildman–Crippen MR) is 72.5 cm³/mol. The van der Waals surface area contributed by atoms with Crippen molar-refractivity contribution in [2.45, 2.75) is 24.3 Å². The standard InChI is InChI=1S/C11H16BrN3O2S/c1-8(13)9-2-3-15(7-9)18(16,17)11-4-10(12)5-14-6-11/h4-6,8-9H,2-3,7,13H2,1H3. The van der Waals surface area contributed by atoms with Crippen molar-refractivity contribution in [2.24, 2.45) is 11.7 Å². The lowest BCUT2D eigenvalue weighted by molar-refractivity contribution is 0.429. The van der Waals surface area contributed by atoms with E-state index in [1.165, 1.54) is 10.5 Å². The summed E-state index contributed by atoms with van der Waals surface area (Å²) in [5, 5.41) is 0. The third-order valence-corrected chi connectivity index (χ3v) is 5.51. The fourth-order valence-corrected chi connectivity index (χ4v) is 4.10. The smallest absolute Gasteiger partial charge is 0.244 e. The Morgan fingerprint density at radius 3 is 2.83 bits per heavy atom. The molecule has 1 aliphatic rings. The van der Waals surface area contributed by atoms with E-state index in [2.05, 4.69) is 20.9 Å². The van der Waals surface area contributed by atoms with E-state index in [0.717, 1.165) is 6.42 Å². The number of pyridine rings is 1. The molecule has 1 fully saturated rings. The van der Waals surface area contributed by atoms with Gasteiger partial charge in [0.05, 0.1) is 0 Å². The van der Waals surface area contributed by atoms with Crippen LogP contribution in [0.3, 0.4) is 0 Å². The molecule has 2 unspecified atom stereocenters. The van der Waals surface area contributed by atoms with Gasteiger partial charge in [-0.2, -0.15) is 4.31 Å². The highest BCUT2D eigenvalue weighted by Crippen LogP contribution is 2.26. The molecular formula is C11H16BrN3O2S. The molecule has 0 aliphatic carbocycles. The first-order chi connectivity index (χ1) is 8.41. The maximum atomic E-state index is 12.4. The molecule has 2 N–H and O–H groups in total. The molecule has 2 atom stereocenters. The molecule has 0 radical (unpaired) electrons. The molecule has 7 heteroatoms. The minimum absolute atomic E-state index is 0.0193. The summed E-state index contributed by atoms with van der Waals surface area (Å²) in [6, 6.07) is 1.59. The van der Waals surface area contributed by atoms with Gasteiger partial charge in [-0.1, -0.05) is 0 Å². The zero-order chi connectivity index (χ0) is 13.3. The first-order valence-electron chi connectivity index (χ1n) is 5.77. The number of hydrogen-bond donors (Lipinski definition) is 1. The summed E-state index contributed by atoms with van der Waals surface area (Å²) in [5.74, 6) is 0.236. The lowest BCUT2D eigenvalue weighted by Crippen LogP contribution is -2.33. The van der Waals surface area contributed by atoms with E-state index >= 15 is 0 Å². The Labute approximate surface area is 116 Å². The summed E-state index contributed by atoms with van der Waals surface area (Å²) in [6.45, 7) is 2.94. The Kier molecular flexibility index (Phi) is 4.05. The molecule has 0 amide bonds.